The average molecular weight is 346 g/mol. The highest BCUT2D eigenvalue weighted by atomic mass is 16.5. The Balaban J connectivity index is 2.08. The van der Waals surface area contributed by atoms with E-state index >= 15 is 0 Å². The molecule has 2 amide bonds. The number of nitrogens with zero attached hydrogens (tertiary/aromatic N) is 1. The first-order chi connectivity index (χ1) is 12.0. The number of methoxy groups -OCH3 is 2. The summed E-state index contributed by atoms with van der Waals surface area (Å²) in [6.45, 7) is 2.96. The molecule has 1 N–H and O–H groups in total. The topological polar surface area (TPSA) is 67.9 Å². The molecule has 25 heavy (non-hydrogen) atoms. The SMILES string of the molecule is COCC(Cc1ccccc1)NC(=O)C1=CN(C(=O)OC)CCC1C. The predicted octanol–water partition coefficient (Wildman–Crippen LogP) is 2.35. The van der Waals surface area contributed by atoms with Crippen molar-refractivity contribution in [2.24, 2.45) is 5.92 Å². The zero-order chi connectivity index (χ0) is 18.2. The molecule has 2 atom stereocenters. The first-order valence-corrected chi connectivity index (χ1v) is 8.45. The first-order valence-electron chi connectivity index (χ1n) is 8.45. The zero-order valence-electron chi connectivity index (χ0n) is 15.0. The van der Waals surface area contributed by atoms with Crippen LogP contribution in [-0.4, -0.2) is 50.3 Å². The van der Waals surface area contributed by atoms with Crippen LogP contribution in [0.25, 0.3) is 0 Å². The van der Waals surface area contributed by atoms with Crippen LogP contribution >= 0.6 is 0 Å². The monoisotopic (exact) mass is 346 g/mol. The zero-order valence-corrected chi connectivity index (χ0v) is 15.0. The molecule has 0 radical (unpaired) electrons. The predicted molar refractivity (Wildman–Crippen MR) is 94.9 cm³/mol. The van der Waals surface area contributed by atoms with Gasteiger partial charge in [0, 0.05) is 25.4 Å². The summed E-state index contributed by atoms with van der Waals surface area (Å²) in [5.74, 6) is -0.0834. The summed E-state index contributed by atoms with van der Waals surface area (Å²) in [4.78, 5) is 25.9. The maximum absolute atomic E-state index is 12.7. The quantitative estimate of drug-likeness (QED) is 0.859. The number of hydrogen-bond donors (Lipinski definition) is 1. The van der Waals surface area contributed by atoms with E-state index in [0.717, 1.165) is 12.0 Å². The third-order valence-electron chi connectivity index (χ3n) is 4.33. The lowest BCUT2D eigenvalue weighted by Crippen LogP contribution is -2.43. The second kappa shape index (κ2) is 9.22. The summed E-state index contributed by atoms with van der Waals surface area (Å²) in [6, 6.07) is 9.82. The summed E-state index contributed by atoms with van der Waals surface area (Å²) in [7, 11) is 2.95. The van der Waals surface area contributed by atoms with Gasteiger partial charge in [-0.15, -0.1) is 0 Å². The van der Waals surface area contributed by atoms with Gasteiger partial charge in [0.1, 0.15) is 0 Å². The average Bonchev–Trinajstić information content (AvgIpc) is 2.62. The van der Waals surface area contributed by atoms with Crippen LogP contribution < -0.4 is 5.32 Å². The van der Waals surface area contributed by atoms with E-state index in [1.165, 1.54) is 12.0 Å². The second-order valence-electron chi connectivity index (χ2n) is 6.25. The van der Waals surface area contributed by atoms with Gasteiger partial charge in [0.15, 0.2) is 0 Å². The molecule has 0 aromatic heterocycles. The Bertz CT molecular complexity index is 615. The smallest absolute Gasteiger partial charge is 0.413 e. The molecule has 0 bridgehead atoms. The maximum Gasteiger partial charge on any atom is 0.413 e. The van der Waals surface area contributed by atoms with E-state index in [0.29, 0.717) is 25.1 Å². The van der Waals surface area contributed by atoms with E-state index < -0.39 is 6.09 Å². The van der Waals surface area contributed by atoms with Gasteiger partial charge in [0.2, 0.25) is 5.91 Å². The minimum absolute atomic E-state index is 0.0841. The van der Waals surface area contributed by atoms with Crippen molar-refractivity contribution in [2.75, 3.05) is 27.4 Å². The lowest BCUT2D eigenvalue weighted by atomic mass is 9.94. The van der Waals surface area contributed by atoms with Gasteiger partial charge in [0.05, 0.1) is 19.8 Å². The molecule has 2 rings (SSSR count). The minimum Gasteiger partial charge on any atom is -0.452 e. The Kier molecular flexibility index (Phi) is 7.01. The summed E-state index contributed by atoms with van der Waals surface area (Å²) in [5.41, 5.74) is 1.72. The molecular weight excluding hydrogens is 320 g/mol. The molecule has 1 aliphatic rings. The number of ether oxygens (including phenoxy) is 2. The van der Waals surface area contributed by atoms with Crippen LogP contribution in [0.3, 0.4) is 0 Å². The maximum atomic E-state index is 12.7. The number of carbonyl (C=O) groups excluding carboxylic acids is 2. The molecule has 0 saturated carbocycles. The summed E-state index contributed by atoms with van der Waals surface area (Å²) in [6.07, 6.45) is 2.56. The Labute approximate surface area is 148 Å². The van der Waals surface area contributed by atoms with Gasteiger partial charge >= 0.3 is 6.09 Å². The van der Waals surface area contributed by atoms with Gasteiger partial charge in [-0.1, -0.05) is 37.3 Å². The summed E-state index contributed by atoms with van der Waals surface area (Å²) < 4.78 is 9.99. The first kappa shape index (κ1) is 19.0. The summed E-state index contributed by atoms with van der Waals surface area (Å²) >= 11 is 0. The highest BCUT2D eigenvalue weighted by Crippen LogP contribution is 2.22. The Morgan fingerprint density at radius 1 is 1.28 bits per heavy atom. The molecule has 0 saturated heterocycles. The van der Waals surface area contributed by atoms with Crippen LogP contribution in [0.15, 0.2) is 42.1 Å². The molecule has 1 aromatic carbocycles. The molecule has 0 aliphatic carbocycles. The number of hydrogen-bond acceptors (Lipinski definition) is 4. The molecular formula is C19H26N2O4. The van der Waals surface area contributed by atoms with Crippen LogP contribution in [-0.2, 0) is 20.7 Å². The highest BCUT2D eigenvalue weighted by molar-refractivity contribution is 5.94. The van der Waals surface area contributed by atoms with Crippen molar-refractivity contribution in [1.29, 1.82) is 0 Å². The van der Waals surface area contributed by atoms with Crippen LogP contribution in [0.5, 0.6) is 0 Å². The van der Waals surface area contributed by atoms with Gasteiger partial charge in [-0.05, 0) is 24.3 Å². The number of nitrogens with one attached hydrogen (secondary N) is 1. The van der Waals surface area contributed by atoms with Crippen molar-refractivity contribution in [3.63, 3.8) is 0 Å². The van der Waals surface area contributed by atoms with E-state index in [1.807, 2.05) is 37.3 Å². The standard InChI is InChI=1S/C19H26N2O4/c1-14-9-10-21(19(23)25-3)12-17(14)18(22)20-16(13-24-2)11-15-7-5-4-6-8-15/h4-8,12,14,16H,9-11,13H2,1-3H3,(H,20,22). The molecule has 136 valence electrons. The minimum atomic E-state index is -0.449. The molecule has 1 aliphatic heterocycles. The van der Waals surface area contributed by atoms with E-state index in [4.69, 9.17) is 9.47 Å². The van der Waals surface area contributed by atoms with Gasteiger partial charge in [0.25, 0.3) is 0 Å². The van der Waals surface area contributed by atoms with Gasteiger partial charge < -0.3 is 14.8 Å². The fraction of sp³-hybridized carbons (Fsp3) is 0.474. The Hall–Kier alpha value is -2.34. The highest BCUT2D eigenvalue weighted by Gasteiger charge is 2.27. The van der Waals surface area contributed by atoms with Gasteiger partial charge in [-0.25, -0.2) is 4.79 Å². The molecule has 0 spiro atoms. The Morgan fingerprint density at radius 3 is 2.64 bits per heavy atom. The third-order valence-corrected chi connectivity index (χ3v) is 4.33. The van der Waals surface area contributed by atoms with Crippen molar-refractivity contribution in [3.05, 3.63) is 47.7 Å². The molecule has 6 heteroatoms. The van der Waals surface area contributed by atoms with Gasteiger partial charge in [-0.3, -0.25) is 9.69 Å². The van der Waals surface area contributed by atoms with Crippen molar-refractivity contribution >= 4 is 12.0 Å². The fourth-order valence-corrected chi connectivity index (χ4v) is 2.91. The van der Waals surface area contributed by atoms with Crippen LogP contribution in [0.2, 0.25) is 0 Å². The lowest BCUT2D eigenvalue weighted by Gasteiger charge is -2.28. The van der Waals surface area contributed by atoms with Crippen molar-refractivity contribution in [1.82, 2.24) is 10.2 Å². The van der Waals surface area contributed by atoms with E-state index in [1.54, 1.807) is 13.3 Å². The lowest BCUT2D eigenvalue weighted by molar-refractivity contribution is -0.119. The van der Waals surface area contributed by atoms with Crippen LogP contribution in [0, 0.1) is 5.92 Å². The largest absolute Gasteiger partial charge is 0.452 e. The number of carbonyl (C=O) groups is 2. The fourth-order valence-electron chi connectivity index (χ4n) is 2.91. The molecule has 6 nitrogen and oxygen atoms in total. The van der Waals surface area contributed by atoms with Crippen molar-refractivity contribution in [2.45, 2.75) is 25.8 Å². The molecule has 1 aromatic rings. The number of amides is 2. The second-order valence-corrected chi connectivity index (χ2v) is 6.25. The third kappa shape index (κ3) is 5.32. The normalized spacial score (nSPS) is 18.3. The number of rotatable bonds is 6. The van der Waals surface area contributed by atoms with E-state index in [-0.39, 0.29) is 17.9 Å². The van der Waals surface area contributed by atoms with Gasteiger partial charge in [-0.2, -0.15) is 0 Å². The van der Waals surface area contributed by atoms with E-state index in [2.05, 4.69) is 5.32 Å². The van der Waals surface area contributed by atoms with E-state index in [9.17, 15) is 9.59 Å². The molecule has 2 unspecified atom stereocenters. The number of benzene rings is 1. The molecule has 1 heterocycles. The Morgan fingerprint density at radius 2 is 2.00 bits per heavy atom. The van der Waals surface area contributed by atoms with Crippen molar-refractivity contribution in [3.8, 4) is 0 Å². The summed E-state index contributed by atoms with van der Waals surface area (Å²) in [5, 5.41) is 3.03. The molecule has 0 fully saturated rings. The van der Waals surface area contributed by atoms with Crippen LogP contribution in [0.1, 0.15) is 18.9 Å². The van der Waals surface area contributed by atoms with Crippen molar-refractivity contribution < 1.29 is 19.1 Å². The van der Waals surface area contributed by atoms with Crippen LogP contribution in [0.4, 0.5) is 4.79 Å².